The van der Waals surface area contributed by atoms with E-state index in [9.17, 15) is 5.26 Å². The predicted molar refractivity (Wildman–Crippen MR) is 364 cm³/mol. The zero-order valence-corrected chi connectivity index (χ0v) is 47.6. The summed E-state index contributed by atoms with van der Waals surface area (Å²) >= 11 is 3.74. The molecule has 2 aliphatic heterocycles. The summed E-state index contributed by atoms with van der Waals surface area (Å²) in [5.74, 6) is 0. The van der Waals surface area contributed by atoms with Gasteiger partial charge < -0.3 is 9.80 Å². The molecule has 15 aromatic rings. The fourth-order valence-corrected chi connectivity index (χ4v) is 16.3. The van der Waals surface area contributed by atoms with Crippen LogP contribution in [0.3, 0.4) is 0 Å². The van der Waals surface area contributed by atoms with Crippen molar-refractivity contribution >= 4 is 120 Å². The Morgan fingerprint density at radius 2 is 0.635 bits per heavy atom. The van der Waals surface area contributed by atoms with Gasteiger partial charge in [0.05, 0.1) is 23.0 Å². The molecule has 3 nitrogen and oxygen atoms in total. The Morgan fingerprint density at radius 3 is 1.02 bits per heavy atom. The van der Waals surface area contributed by atoms with E-state index >= 15 is 0 Å². The Balaban J connectivity index is 1.03. The molecule has 13 aromatic carbocycles. The third-order valence-electron chi connectivity index (χ3n) is 17.5. The van der Waals surface area contributed by atoms with Crippen molar-refractivity contribution in [2.45, 2.75) is 0 Å². The molecule has 0 unspecified atom stereocenters. The molecule has 0 aliphatic carbocycles. The average molecular weight is 1110 g/mol. The van der Waals surface area contributed by atoms with E-state index in [1.54, 1.807) is 0 Å². The number of hydrogen-bond donors (Lipinski definition) is 0. The fourth-order valence-electron chi connectivity index (χ4n) is 13.8. The Hall–Kier alpha value is -10.5. The zero-order valence-electron chi connectivity index (χ0n) is 45.9. The maximum atomic E-state index is 11.6. The van der Waals surface area contributed by atoms with Crippen molar-refractivity contribution in [2.75, 3.05) is 9.80 Å². The highest BCUT2D eigenvalue weighted by Gasteiger charge is 2.46. The minimum atomic E-state index is -0.286. The van der Waals surface area contributed by atoms with Crippen LogP contribution in [-0.2, 0) is 0 Å². The first kappa shape index (κ1) is 49.1. The van der Waals surface area contributed by atoms with Crippen LogP contribution < -0.4 is 26.2 Å². The van der Waals surface area contributed by atoms with Crippen molar-refractivity contribution in [2.24, 2.45) is 0 Å². The van der Waals surface area contributed by atoms with Gasteiger partial charge in [-0.15, -0.1) is 22.7 Å². The van der Waals surface area contributed by atoms with Gasteiger partial charge >= 0.3 is 0 Å². The van der Waals surface area contributed by atoms with Gasteiger partial charge in [0.1, 0.15) is 0 Å². The van der Waals surface area contributed by atoms with E-state index in [1.807, 2.05) is 22.7 Å². The van der Waals surface area contributed by atoms with Gasteiger partial charge in [-0.1, -0.05) is 255 Å². The van der Waals surface area contributed by atoms with Gasteiger partial charge in [-0.25, -0.2) is 0 Å². The van der Waals surface area contributed by atoms with Gasteiger partial charge in [-0.2, -0.15) is 5.26 Å². The number of benzene rings is 13. The monoisotopic (exact) mass is 1110 g/mol. The average Bonchev–Trinajstić information content (AvgIpc) is 1.40. The van der Waals surface area contributed by atoms with E-state index in [1.165, 1.54) is 62.4 Å². The van der Waals surface area contributed by atoms with Gasteiger partial charge in [0.25, 0.3) is 6.71 Å². The second kappa shape index (κ2) is 19.8. The Bertz CT molecular complexity index is 4790. The summed E-state index contributed by atoms with van der Waals surface area (Å²) in [5, 5.41) is 16.7. The zero-order chi connectivity index (χ0) is 56.1. The van der Waals surface area contributed by atoms with Crippen molar-refractivity contribution < 1.29 is 0 Å². The van der Waals surface area contributed by atoms with Crippen LogP contribution in [0.4, 0.5) is 34.1 Å². The lowest BCUT2D eigenvalue weighted by Gasteiger charge is -2.46. The molecule has 2 aliphatic rings. The lowest BCUT2D eigenvalue weighted by molar-refractivity contribution is 1.25. The highest BCUT2D eigenvalue weighted by Crippen LogP contribution is 2.54. The topological polar surface area (TPSA) is 30.3 Å². The summed E-state index contributed by atoms with van der Waals surface area (Å²) in [6.45, 7) is -0.286. The van der Waals surface area contributed by atoms with Crippen LogP contribution in [0, 0.1) is 11.3 Å². The number of rotatable bonds is 8. The standard InChI is InChI=1S/C79H48BN3S2/c81-49-50-45-71-75-72(46-50)83(77-59(53-25-9-3-10-26-53)33-18-34-60(77)54-27-11-4-12-28-54)70-44-42-56(62-36-20-38-66-64-30-14-16-40-74(64)85-79(62)66)48-68(70)80(75)67-47-55(61-35-19-37-65-63-29-13-15-39-73(63)84-78(61)65)41-43-69(67)82(71)76-57(51-21-5-1-6-22-51)31-17-32-58(76)52-23-7-2-8-24-52/h1-48H. The largest absolute Gasteiger partial charge is 0.310 e. The van der Waals surface area contributed by atoms with Gasteiger partial charge in [0.15, 0.2) is 0 Å². The molecule has 394 valence electrons. The van der Waals surface area contributed by atoms with Crippen LogP contribution in [0.1, 0.15) is 5.56 Å². The molecule has 0 atom stereocenters. The molecular formula is C79H48BN3S2. The summed E-state index contributed by atoms with van der Waals surface area (Å²) in [5.41, 5.74) is 23.8. The minimum absolute atomic E-state index is 0.286. The third kappa shape index (κ3) is 7.79. The number of nitrogens with zero attached hydrogens (tertiary/aromatic N) is 3. The number of anilines is 6. The number of fused-ring (bicyclic) bond motifs is 10. The van der Waals surface area contributed by atoms with Crippen molar-refractivity contribution in [3.8, 4) is 72.8 Å². The van der Waals surface area contributed by atoms with Crippen molar-refractivity contribution in [3.05, 3.63) is 297 Å². The van der Waals surface area contributed by atoms with Gasteiger partial charge in [-0.05, 0) is 97.3 Å². The van der Waals surface area contributed by atoms with Crippen molar-refractivity contribution in [3.63, 3.8) is 0 Å². The first-order chi connectivity index (χ1) is 42.1. The molecule has 0 radical (unpaired) electrons. The van der Waals surface area contributed by atoms with Gasteiger partial charge in [-0.3, -0.25) is 0 Å². The van der Waals surface area contributed by atoms with E-state index in [2.05, 4.69) is 307 Å². The first-order valence-electron chi connectivity index (χ1n) is 28.9. The Kier molecular flexibility index (Phi) is 11.5. The number of hydrogen-bond acceptors (Lipinski definition) is 5. The van der Waals surface area contributed by atoms with Crippen LogP contribution in [0.2, 0.25) is 0 Å². The lowest BCUT2D eigenvalue weighted by Crippen LogP contribution is -2.61. The van der Waals surface area contributed by atoms with Crippen LogP contribution in [0.15, 0.2) is 291 Å². The highest BCUT2D eigenvalue weighted by molar-refractivity contribution is 7.26. The van der Waals surface area contributed by atoms with Gasteiger partial charge in [0.2, 0.25) is 0 Å². The molecule has 6 heteroatoms. The Morgan fingerprint density at radius 1 is 0.294 bits per heavy atom. The predicted octanol–water partition coefficient (Wildman–Crippen LogP) is 20.4. The maximum Gasteiger partial charge on any atom is 0.252 e. The SMILES string of the molecule is N#Cc1cc2c3c(c1)N(c1c(-c4ccccc4)cccc1-c1ccccc1)c1ccc(-c4cccc5c4sc4ccccc45)cc1B3c1cc(-c3cccc4c3sc3ccccc34)ccc1N2c1c(-c2ccccc2)cccc1-c1ccccc1. The molecule has 4 heterocycles. The quantitative estimate of drug-likeness (QED) is 0.142. The minimum Gasteiger partial charge on any atom is -0.310 e. The number of para-hydroxylation sites is 2. The van der Waals surface area contributed by atoms with E-state index < -0.39 is 0 Å². The van der Waals surface area contributed by atoms with E-state index in [-0.39, 0.29) is 6.71 Å². The third-order valence-corrected chi connectivity index (χ3v) is 19.9. The van der Waals surface area contributed by atoms with Crippen LogP contribution in [-0.4, -0.2) is 6.71 Å². The molecule has 0 bridgehead atoms. The summed E-state index contributed by atoms with van der Waals surface area (Å²) in [6, 6.07) is 109. The molecule has 0 fully saturated rings. The molecule has 17 rings (SSSR count). The molecule has 0 saturated carbocycles. The highest BCUT2D eigenvalue weighted by atomic mass is 32.1. The molecule has 0 N–H and O–H groups in total. The normalized spacial score (nSPS) is 12.4. The van der Waals surface area contributed by atoms with Crippen LogP contribution in [0.5, 0.6) is 0 Å². The molecule has 0 spiro atoms. The molecule has 0 saturated heterocycles. The second-order valence-corrected chi connectivity index (χ2v) is 24.2. The summed E-state index contributed by atoms with van der Waals surface area (Å²) < 4.78 is 5.11. The summed E-state index contributed by atoms with van der Waals surface area (Å²) in [4.78, 5) is 5.04. The number of thiophene rings is 2. The molecule has 85 heavy (non-hydrogen) atoms. The van der Waals surface area contributed by atoms with E-state index in [4.69, 9.17) is 0 Å². The van der Waals surface area contributed by atoms with Crippen molar-refractivity contribution in [1.29, 1.82) is 5.26 Å². The lowest BCUT2D eigenvalue weighted by atomic mass is 9.33. The smallest absolute Gasteiger partial charge is 0.252 e. The fraction of sp³-hybridized carbons (Fsp3) is 0. The molecule has 2 aromatic heterocycles. The van der Waals surface area contributed by atoms with E-state index in [0.29, 0.717) is 5.56 Å². The first-order valence-corrected chi connectivity index (χ1v) is 30.5. The molecule has 0 amide bonds. The van der Waals surface area contributed by atoms with Crippen molar-refractivity contribution in [1.82, 2.24) is 0 Å². The van der Waals surface area contributed by atoms with Gasteiger partial charge in [0, 0.05) is 85.3 Å². The van der Waals surface area contributed by atoms with Crippen LogP contribution >= 0.6 is 22.7 Å². The Labute approximate surface area is 501 Å². The number of nitriles is 1. The maximum absolute atomic E-state index is 11.6. The van der Waals surface area contributed by atoms with Crippen LogP contribution in [0.25, 0.3) is 107 Å². The summed E-state index contributed by atoms with van der Waals surface area (Å²) in [7, 11) is 0. The van der Waals surface area contributed by atoms with E-state index in [0.717, 1.165) is 95.2 Å². The summed E-state index contributed by atoms with van der Waals surface area (Å²) in [6.07, 6.45) is 0. The molecular weight excluding hydrogens is 1070 g/mol. The second-order valence-electron chi connectivity index (χ2n) is 22.1.